The maximum absolute atomic E-state index is 12.5. The van der Waals surface area contributed by atoms with Crippen LogP contribution >= 0.6 is 0 Å². The van der Waals surface area contributed by atoms with Crippen LogP contribution in [-0.4, -0.2) is 95.1 Å². The first-order valence-electron chi connectivity index (χ1n) is 10.1. The normalized spacial score (nSPS) is 19.9. The van der Waals surface area contributed by atoms with E-state index in [1.807, 2.05) is 0 Å². The Morgan fingerprint density at radius 2 is 1.71 bits per heavy atom. The third-order valence-corrected chi connectivity index (χ3v) is 8.12. The number of carbonyl (C=O) groups excluding carboxylic acids is 1. The minimum absolute atomic E-state index is 0. The topological polar surface area (TPSA) is 78.5 Å². The minimum atomic E-state index is -3.65. The Morgan fingerprint density at radius 3 is 2.25 bits per heavy atom. The van der Waals surface area contributed by atoms with E-state index in [2.05, 4.69) is 34.9 Å². The summed E-state index contributed by atoms with van der Waals surface area (Å²) in [7, 11) is -3.65. The summed E-state index contributed by atoms with van der Waals surface area (Å²) in [5, 5.41) is 2.39. The zero-order valence-electron chi connectivity index (χ0n) is 17.2. The Bertz CT molecular complexity index is 834. The molecule has 0 saturated carbocycles. The van der Waals surface area contributed by atoms with Gasteiger partial charge >= 0.3 is 6.03 Å². The fourth-order valence-electron chi connectivity index (χ4n) is 4.60. The Kier molecular flexibility index (Phi) is 7.33. The molecule has 4 rings (SSSR count). The second-order valence-corrected chi connectivity index (χ2v) is 10.1. The average Bonchev–Trinajstić information content (AvgIpc) is 3.20. The molecule has 8 heteroatoms. The summed E-state index contributed by atoms with van der Waals surface area (Å²) >= 11 is 0. The molecule has 2 aliphatic carbocycles. The van der Waals surface area contributed by atoms with Crippen molar-refractivity contribution < 1.29 is 13.2 Å². The van der Waals surface area contributed by atoms with E-state index in [0.29, 0.717) is 19.1 Å². The van der Waals surface area contributed by atoms with E-state index in [0.717, 1.165) is 50.6 Å². The van der Waals surface area contributed by atoms with E-state index in [1.54, 1.807) is 0 Å². The largest absolute Gasteiger partial charge is 0.332 e. The first kappa shape index (κ1) is 22.7. The van der Waals surface area contributed by atoms with Gasteiger partial charge in [0, 0.05) is 76.2 Å². The maximum Gasteiger partial charge on any atom is 0.332 e. The Labute approximate surface area is 210 Å². The molecule has 1 heterocycles. The molecule has 1 aliphatic heterocycles. The van der Waals surface area contributed by atoms with Crippen molar-refractivity contribution in [2.24, 2.45) is 0 Å². The Balaban J connectivity index is 0.00000225. The second-order valence-electron chi connectivity index (χ2n) is 8.17. The quantitative estimate of drug-likeness (QED) is 0.702. The van der Waals surface area contributed by atoms with Crippen molar-refractivity contribution in [2.75, 3.05) is 18.4 Å². The number of likely N-dealkylation sites (tertiary alicyclic amines) is 1. The standard InChI is InChI=1S/C20H29N3O3S.K/c1-3-13(2)23-11-16(12-23)27(25,26)22-20(24)21-19-17-8-4-6-14(17)10-15-7-5-9-18(15)19;/h10,13,16H,3-9,11-12H2,1-2H3,(H2,21,22,24);. The third kappa shape index (κ3) is 4.38. The molecule has 1 fully saturated rings. The number of hydrogen-bond acceptors (Lipinski definition) is 4. The Hall–Kier alpha value is 0.0364. The molecule has 6 nitrogen and oxygen atoms in total. The number of nitrogens with one attached hydrogen (secondary N) is 2. The summed E-state index contributed by atoms with van der Waals surface area (Å²) in [6.45, 7) is 5.18. The predicted molar refractivity (Wildman–Crippen MR) is 112 cm³/mol. The van der Waals surface area contributed by atoms with Gasteiger partial charge in [-0.25, -0.2) is 17.9 Å². The van der Waals surface area contributed by atoms with Crippen LogP contribution in [0.25, 0.3) is 0 Å². The van der Waals surface area contributed by atoms with Gasteiger partial charge in [0.05, 0.1) is 0 Å². The van der Waals surface area contributed by atoms with Gasteiger partial charge < -0.3 is 5.32 Å². The van der Waals surface area contributed by atoms with Crippen molar-refractivity contribution in [2.45, 2.75) is 70.1 Å². The molecule has 1 atom stereocenters. The van der Waals surface area contributed by atoms with Crippen LogP contribution < -0.4 is 10.0 Å². The molecule has 1 unspecified atom stereocenters. The monoisotopic (exact) mass is 430 g/mol. The van der Waals surface area contributed by atoms with Crippen LogP contribution in [0.1, 0.15) is 55.4 Å². The zero-order chi connectivity index (χ0) is 19.2. The number of carbonyl (C=O) groups is 1. The molecule has 0 aromatic heterocycles. The number of amides is 2. The molecular formula is C20H29KN3O3S. The van der Waals surface area contributed by atoms with Crippen molar-refractivity contribution in [3.8, 4) is 0 Å². The van der Waals surface area contributed by atoms with E-state index in [9.17, 15) is 13.2 Å². The molecule has 2 N–H and O–H groups in total. The van der Waals surface area contributed by atoms with Gasteiger partial charge in [-0.3, -0.25) is 4.90 Å². The first-order chi connectivity index (χ1) is 12.9. The van der Waals surface area contributed by atoms with Crippen molar-refractivity contribution >= 4 is 73.1 Å². The molecule has 1 saturated heterocycles. The van der Waals surface area contributed by atoms with Crippen molar-refractivity contribution in [3.05, 3.63) is 28.3 Å². The van der Waals surface area contributed by atoms with Crippen LogP contribution in [-0.2, 0) is 35.7 Å². The average molecular weight is 431 g/mol. The van der Waals surface area contributed by atoms with Gasteiger partial charge in [0.25, 0.3) is 0 Å². The van der Waals surface area contributed by atoms with E-state index in [1.165, 1.54) is 22.3 Å². The van der Waals surface area contributed by atoms with Crippen LogP contribution in [0.5, 0.6) is 0 Å². The molecule has 1 radical (unpaired) electrons. The number of benzene rings is 1. The van der Waals surface area contributed by atoms with Crippen LogP contribution in [0.4, 0.5) is 10.5 Å². The van der Waals surface area contributed by atoms with E-state index < -0.39 is 21.3 Å². The smallest absolute Gasteiger partial charge is 0.307 e. The van der Waals surface area contributed by atoms with Gasteiger partial charge in [0.15, 0.2) is 0 Å². The van der Waals surface area contributed by atoms with E-state index in [-0.39, 0.29) is 51.4 Å². The maximum atomic E-state index is 12.5. The number of aryl methyl sites for hydroxylation is 2. The molecule has 2 amide bonds. The van der Waals surface area contributed by atoms with Crippen LogP contribution in [0, 0.1) is 0 Å². The van der Waals surface area contributed by atoms with Crippen LogP contribution in [0.2, 0.25) is 0 Å². The molecule has 28 heavy (non-hydrogen) atoms. The van der Waals surface area contributed by atoms with Gasteiger partial charge in [-0.2, -0.15) is 0 Å². The number of rotatable bonds is 5. The minimum Gasteiger partial charge on any atom is -0.307 e. The number of anilines is 1. The third-order valence-electron chi connectivity index (χ3n) is 6.48. The summed E-state index contributed by atoms with van der Waals surface area (Å²) in [5.41, 5.74) is 5.92. The fraction of sp³-hybridized carbons (Fsp3) is 0.650. The molecule has 0 bridgehead atoms. The van der Waals surface area contributed by atoms with Crippen molar-refractivity contribution in [3.63, 3.8) is 0 Å². The van der Waals surface area contributed by atoms with Crippen molar-refractivity contribution in [1.82, 2.24) is 9.62 Å². The van der Waals surface area contributed by atoms with E-state index >= 15 is 0 Å². The van der Waals surface area contributed by atoms with E-state index in [4.69, 9.17) is 0 Å². The molecule has 3 aliphatic rings. The summed E-state index contributed by atoms with van der Waals surface area (Å²) in [6.07, 6.45) is 7.19. The summed E-state index contributed by atoms with van der Waals surface area (Å²) in [5.74, 6) is 0. The van der Waals surface area contributed by atoms with Gasteiger partial charge in [0.2, 0.25) is 10.0 Å². The fourth-order valence-corrected chi connectivity index (χ4v) is 5.85. The zero-order valence-corrected chi connectivity index (χ0v) is 21.1. The van der Waals surface area contributed by atoms with Crippen molar-refractivity contribution in [1.29, 1.82) is 0 Å². The van der Waals surface area contributed by atoms with Gasteiger partial charge in [-0.15, -0.1) is 0 Å². The van der Waals surface area contributed by atoms with Gasteiger partial charge in [-0.1, -0.05) is 13.0 Å². The summed E-state index contributed by atoms with van der Waals surface area (Å²) < 4.78 is 27.3. The SMILES string of the molecule is CCC(C)N1CC(S(=O)(=O)NC(=O)Nc2c3c(cc4c2CCC4)CCC3)C1.[K]. The number of nitrogens with zero attached hydrogens (tertiary/aromatic N) is 1. The molecule has 1 aromatic rings. The second kappa shape index (κ2) is 9.04. The predicted octanol–water partition coefficient (Wildman–Crippen LogP) is 2.22. The number of sulfonamides is 1. The van der Waals surface area contributed by atoms with Gasteiger partial charge in [0.1, 0.15) is 5.25 Å². The Morgan fingerprint density at radius 1 is 1.14 bits per heavy atom. The molecule has 0 spiro atoms. The van der Waals surface area contributed by atoms with Crippen LogP contribution in [0.15, 0.2) is 6.07 Å². The summed E-state index contributed by atoms with van der Waals surface area (Å²) in [4.78, 5) is 14.7. The molecule has 1 aromatic carbocycles. The molecule has 149 valence electrons. The van der Waals surface area contributed by atoms with Crippen LogP contribution in [0.3, 0.4) is 0 Å². The summed E-state index contributed by atoms with van der Waals surface area (Å²) in [6, 6.07) is 2.05. The number of hydrogen-bond donors (Lipinski definition) is 2. The molecular weight excluding hydrogens is 401 g/mol. The number of urea groups is 1. The van der Waals surface area contributed by atoms with Gasteiger partial charge in [-0.05, 0) is 74.1 Å². The first-order valence-corrected chi connectivity index (χ1v) is 11.7. The number of fused-ring (bicyclic) bond motifs is 2.